The largest absolute Gasteiger partial charge is 0.419 e. The van der Waals surface area contributed by atoms with E-state index in [2.05, 4.69) is 10.2 Å². The maximum Gasteiger partial charge on any atom is 0.262 e. The van der Waals surface area contributed by atoms with Crippen LogP contribution in [-0.2, 0) is 7.05 Å². The van der Waals surface area contributed by atoms with E-state index in [-0.39, 0.29) is 10.8 Å². The second-order valence-corrected chi connectivity index (χ2v) is 8.80. The van der Waals surface area contributed by atoms with Gasteiger partial charge in [-0.1, -0.05) is 30.0 Å². The van der Waals surface area contributed by atoms with Gasteiger partial charge in [0.05, 0.1) is 10.6 Å². The summed E-state index contributed by atoms with van der Waals surface area (Å²) in [6, 6.07) is 9.65. The van der Waals surface area contributed by atoms with Gasteiger partial charge < -0.3 is 4.42 Å². The van der Waals surface area contributed by atoms with Crippen molar-refractivity contribution in [2.24, 2.45) is 7.05 Å². The van der Waals surface area contributed by atoms with Crippen LogP contribution in [0.1, 0.15) is 28.5 Å². The summed E-state index contributed by atoms with van der Waals surface area (Å²) in [5.74, 6) is 0.992. The Balaban J connectivity index is 1.65. The summed E-state index contributed by atoms with van der Waals surface area (Å²) < 4.78 is 7.42. The number of thioether (sulfide) groups is 1. The Morgan fingerprint density at radius 1 is 1.19 bits per heavy atom. The van der Waals surface area contributed by atoms with E-state index in [1.165, 1.54) is 11.8 Å². The molecular weight excluding hydrogens is 380 g/mol. The van der Waals surface area contributed by atoms with Gasteiger partial charge in [-0.15, -0.1) is 21.5 Å². The predicted octanol–water partition coefficient (Wildman–Crippen LogP) is 4.52. The van der Waals surface area contributed by atoms with Crippen molar-refractivity contribution in [1.29, 1.82) is 0 Å². The highest BCUT2D eigenvalue weighted by atomic mass is 32.2. The number of rotatable bonds is 4. The summed E-state index contributed by atoms with van der Waals surface area (Å²) in [5, 5.41) is 9.53. The Labute approximate surface area is 164 Å². The standard InChI is InChI=1S/C19H18N4O2S2/c1-10-11(2)26-17-14(10)18(24)23(4)19(20-17)27-12(3)15-21-22-16(25-15)13-8-6-5-7-9-13/h5-9,12H,1-4H3. The Hall–Kier alpha value is -2.45. The van der Waals surface area contributed by atoms with Crippen LogP contribution < -0.4 is 5.56 Å². The van der Waals surface area contributed by atoms with Crippen LogP contribution in [0.4, 0.5) is 0 Å². The van der Waals surface area contributed by atoms with E-state index in [0.29, 0.717) is 22.3 Å². The van der Waals surface area contributed by atoms with Gasteiger partial charge in [-0.05, 0) is 38.5 Å². The number of hydrogen-bond donors (Lipinski definition) is 0. The van der Waals surface area contributed by atoms with Crippen LogP contribution in [0.15, 0.2) is 44.7 Å². The average molecular weight is 399 g/mol. The third-order valence-corrected chi connectivity index (χ3v) is 6.69. The SMILES string of the molecule is Cc1sc2nc(SC(C)c3nnc(-c4ccccc4)o3)n(C)c(=O)c2c1C. The van der Waals surface area contributed by atoms with E-state index < -0.39 is 0 Å². The van der Waals surface area contributed by atoms with Gasteiger partial charge in [0.2, 0.25) is 11.8 Å². The first-order chi connectivity index (χ1) is 13.0. The Bertz CT molecular complexity index is 1180. The Kier molecular flexibility index (Phi) is 4.61. The molecule has 4 aromatic rings. The molecule has 3 aromatic heterocycles. The molecule has 0 aliphatic carbocycles. The minimum Gasteiger partial charge on any atom is -0.419 e. The van der Waals surface area contributed by atoms with E-state index >= 15 is 0 Å². The van der Waals surface area contributed by atoms with E-state index in [1.54, 1.807) is 23.0 Å². The van der Waals surface area contributed by atoms with Gasteiger partial charge in [0.25, 0.3) is 5.56 Å². The predicted molar refractivity (Wildman–Crippen MR) is 108 cm³/mol. The van der Waals surface area contributed by atoms with E-state index in [4.69, 9.17) is 9.40 Å². The second kappa shape index (κ2) is 6.94. The molecule has 138 valence electrons. The summed E-state index contributed by atoms with van der Waals surface area (Å²) in [5.41, 5.74) is 1.87. The molecule has 1 aromatic carbocycles. The Morgan fingerprint density at radius 2 is 1.93 bits per heavy atom. The van der Waals surface area contributed by atoms with Crippen molar-refractivity contribution in [3.05, 3.63) is 57.0 Å². The first-order valence-electron chi connectivity index (χ1n) is 8.48. The molecule has 6 nitrogen and oxygen atoms in total. The van der Waals surface area contributed by atoms with Crippen LogP contribution >= 0.6 is 23.1 Å². The molecule has 0 radical (unpaired) electrons. The smallest absolute Gasteiger partial charge is 0.262 e. The summed E-state index contributed by atoms with van der Waals surface area (Å²) in [6.07, 6.45) is 0. The minimum atomic E-state index is -0.132. The Morgan fingerprint density at radius 3 is 2.67 bits per heavy atom. The monoisotopic (exact) mass is 398 g/mol. The number of aromatic nitrogens is 4. The lowest BCUT2D eigenvalue weighted by molar-refractivity contribution is 0.508. The number of aryl methyl sites for hydroxylation is 2. The fraction of sp³-hybridized carbons (Fsp3) is 0.263. The highest BCUT2D eigenvalue weighted by Crippen LogP contribution is 2.35. The van der Waals surface area contributed by atoms with Gasteiger partial charge in [-0.2, -0.15) is 0 Å². The van der Waals surface area contributed by atoms with Crippen molar-refractivity contribution >= 4 is 33.3 Å². The first kappa shape index (κ1) is 17.9. The lowest BCUT2D eigenvalue weighted by Gasteiger charge is -2.10. The van der Waals surface area contributed by atoms with Crippen molar-refractivity contribution in [2.75, 3.05) is 0 Å². The van der Waals surface area contributed by atoms with Crippen molar-refractivity contribution in [3.63, 3.8) is 0 Å². The fourth-order valence-electron chi connectivity index (χ4n) is 2.77. The molecular formula is C19H18N4O2S2. The van der Waals surface area contributed by atoms with Crippen LogP contribution in [0.3, 0.4) is 0 Å². The van der Waals surface area contributed by atoms with Gasteiger partial charge in [-0.25, -0.2) is 4.98 Å². The van der Waals surface area contributed by atoms with E-state index in [1.807, 2.05) is 51.1 Å². The lowest BCUT2D eigenvalue weighted by Crippen LogP contribution is -2.20. The van der Waals surface area contributed by atoms with Crippen LogP contribution in [0.2, 0.25) is 0 Å². The van der Waals surface area contributed by atoms with Gasteiger partial charge in [0.1, 0.15) is 4.83 Å². The number of fused-ring (bicyclic) bond motifs is 1. The molecule has 0 saturated heterocycles. The topological polar surface area (TPSA) is 73.8 Å². The van der Waals surface area contributed by atoms with E-state index in [9.17, 15) is 4.79 Å². The quantitative estimate of drug-likeness (QED) is 0.372. The first-order valence-corrected chi connectivity index (χ1v) is 10.2. The molecule has 0 N–H and O–H groups in total. The maximum absolute atomic E-state index is 12.8. The van der Waals surface area contributed by atoms with Gasteiger partial charge in [0, 0.05) is 17.5 Å². The number of thiophene rings is 1. The highest BCUT2D eigenvalue weighted by Gasteiger charge is 2.21. The molecule has 0 fully saturated rings. The summed E-state index contributed by atoms with van der Waals surface area (Å²) >= 11 is 2.99. The molecule has 0 amide bonds. The van der Waals surface area contributed by atoms with Crippen molar-refractivity contribution < 1.29 is 4.42 Å². The lowest BCUT2D eigenvalue weighted by atomic mass is 10.2. The molecule has 8 heteroatoms. The normalized spacial score (nSPS) is 12.6. The molecule has 1 unspecified atom stereocenters. The zero-order valence-corrected chi connectivity index (χ0v) is 17.0. The van der Waals surface area contributed by atoms with Gasteiger partial charge in [-0.3, -0.25) is 9.36 Å². The van der Waals surface area contributed by atoms with Gasteiger partial charge in [0.15, 0.2) is 5.16 Å². The fourth-order valence-corrected chi connectivity index (χ4v) is 4.74. The molecule has 1 atom stereocenters. The summed E-state index contributed by atoms with van der Waals surface area (Å²) in [4.78, 5) is 19.4. The average Bonchev–Trinajstić information content (AvgIpc) is 3.26. The second-order valence-electron chi connectivity index (χ2n) is 6.29. The molecule has 27 heavy (non-hydrogen) atoms. The number of benzene rings is 1. The van der Waals surface area contributed by atoms with Gasteiger partial charge >= 0.3 is 0 Å². The van der Waals surface area contributed by atoms with E-state index in [0.717, 1.165) is 20.8 Å². The zero-order chi connectivity index (χ0) is 19.1. The third kappa shape index (κ3) is 3.19. The molecule has 0 aliphatic rings. The van der Waals surface area contributed by atoms with Crippen LogP contribution in [-0.4, -0.2) is 19.7 Å². The molecule has 3 heterocycles. The molecule has 0 spiro atoms. The third-order valence-electron chi connectivity index (χ3n) is 4.46. The molecule has 0 saturated carbocycles. The molecule has 0 aliphatic heterocycles. The minimum absolute atomic E-state index is 0.0212. The van der Waals surface area contributed by atoms with Crippen LogP contribution in [0.25, 0.3) is 21.7 Å². The van der Waals surface area contributed by atoms with Crippen molar-refractivity contribution in [3.8, 4) is 11.5 Å². The maximum atomic E-state index is 12.8. The zero-order valence-electron chi connectivity index (χ0n) is 15.4. The summed E-state index contributed by atoms with van der Waals surface area (Å²) in [7, 11) is 1.75. The number of nitrogens with zero attached hydrogens (tertiary/aromatic N) is 4. The molecule has 4 rings (SSSR count). The van der Waals surface area contributed by atoms with Crippen molar-refractivity contribution in [1.82, 2.24) is 19.7 Å². The molecule has 0 bridgehead atoms. The van der Waals surface area contributed by atoms with Crippen LogP contribution in [0, 0.1) is 13.8 Å². The van der Waals surface area contributed by atoms with Crippen LogP contribution in [0.5, 0.6) is 0 Å². The summed E-state index contributed by atoms with van der Waals surface area (Å²) in [6.45, 7) is 5.95. The van der Waals surface area contributed by atoms with Crippen molar-refractivity contribution in [2.45, 2.75) is 31.2 Å². The number of hydrogen-bond acceptors (Lipinski definition) is 7. The highest BCUT2D eigenvalue weighted by molar-refractivity contribution is 7.99.